The minimum absolute atomic E-state index is 0.0753. The Hall–Kier alpha value is -1.88. The van der Waals surface area contributed by atoms with E-state index in [1.54, 1.807) is 24.3 Å². The van der Waals surface area contributed by atoms with Crippen molar-refractivity contribution in [1.29, 1.82) is 0 Å². The van der Waals surface area contributed by atoms with Crippen molar-refractivity contribution in [2.24, 2.45) is 5.92 Å². The van der Waals surface area contributed by atoms with Crippen LogP contribution in [0.3, 0.4) is 0 Å². The van der Waals surface area contributed by atoms with E-state index in [0.717, 1.165) is 13.1 Å². The van der Waals surface area contributed by atoms with Gasteiger partial charge in [0.2, 0.25) is 5.91 Å². The molecule has 1 fully saturated rings. The first kappa shape index (κ1) is 13.5. The van der Waals surface area contributed by atoms with Gasteiger partial charge in [-0.1, -0.05) is 30.3 Å². The van der Waals surface area contributed by atoms with Crippen molar-refractivity contribution < 1.29 is 14.7 Å². The van der Waals surface area contributed by atoms with Crippen LogP contribution in [0.2, 0.25) is 0 Å². The number of nitrogens with one attached hydrogen (secondary N) is 2. The maximum Gasteiger partial charge on any atom is 0.312 e. The molecule has 0 spiro atoms. The van der Waals surface area contributed by atoms with Crippen LogP contribution < -0.4 is 10.6 Å². The summed E-state index contributed by atoms with van der Waals surface area (Å²) < 4.78 is 0. The van der Waals surface area contributed by atoms with Gasteiger partial charge in [0.1, 0.15) is 0 Å². The number of benzene rings is 1. The predicted molar refractivity (Wildman–Crippen MR) is 70.8 cm³/mol. The second-order valence-electron chi connectivity index (χ2n) is 4.83. The minimum Gasteiger partial charge on any atom is -0.481 e. The Morgan fingerprint density at radius 1 is 1.32 bits per heavy atom. The van der Waals surface area contributed by atoms with Crippen LogP contribution in [0.5, 0.6) is 0 Å². The Kier molecular flexibility index (Phi) is 4.52. The summed E-state index contributed by atoms with van der Waals surface area (Å²) in [5.74, 6) is -1.30. The third-order valence-electron chi connectivity index (χ3n) is 3.34. The van der Waals surface area contributed by atoms with Crippen LogP contribution in [0.15, 0.2) is 30.3 Å². The maximum atomic E-state index is 11.7. The quantitative estimate of drug-likeness (QED) is 0.701. The van der Waals surface area contributed by atoms with Gasteiger partial charge in [-0.25, -0.2) is 0 Å². The summed E-state index contributed by atoms with van der Waals surface area (Å²) in [6.45, 7) is 1.88. The molecule has 1 atom stereocenters. The summed E-state index contributed by atoms with van der Waals surface area (Å²) in [4.78, 5) is 22.9. The fourth-order valence-electron chi connectivity index (χ4n) is 2.08. The monoisotopic (exact) mass is 262 g/mol. The van der Waals surface area contributed by atoms with Crippen molar-refractivity contribution in [2.75, 3.05) is 19.6 Å². The van der Waals surface area contributed by atoms with Crippen LogP contribution >= 0.6 is 0 Å². The molecular formula is C14H18N2O3. The molecule has 19 heavy (non-hydrogen) atoms. The molecule has 1 aliphatic rings. The SMILES string of the molecule is O=C(CC1CNC1)NCC(C(=O)O)c1ccccc1. The number of carboxylic acid groups (broad SMARTS) is 1. The Bertz CT molecular complexity index is 443. The highest BCUT2D eigenvalue weighted by Crippen LogP contribution is 2.15. The molecular weight excluding hydrogens is 244 g/mol. The topological polar surface area (TPSA) is 78.4 Å². The maximum absolute atomic E-state index is 11.7. The molecule has 3 N–H and O–H groups in total. The molecule has 1 aliphatic heterocycles. The van der Waals surface area contributed by atoms with Crippen LogP contribution in [-0.4, -0.2) is 36.6 Å². The third kappa shape index (κ3) is 3.79. The van der Waals surface area contributed by atoms with E-state index in [0.29, 0.717) is 17.9 Å². The van der Waals surface area contributed by atoms with Crippen molar-refractivity contribution in [3.8, 4) is 0 Å². The lowest BCUT2D eigenvalue weighted by molar-refractivity contribution is -0.138. The van der Waals surface area contributed by atoms with E-state index in [1.807, 2.05) is 6.07 Å². The highest BCUT2D eigenvalue weighted by atomic mass is 16.4. The molecule has 1 amide bonds. The van der Waals surface area contributed by atoms with Gasteiger partial charge in [-0.05, 0) is 24.6 Å². The van der Waals surface area contributed by atoms with E-state index in [-0.39, 0.29) is 12.5 Å². The van der Waals surface area contributed by atoms with Gasteiger partial charge in [0.15, 0.2) is 0 Å². The molecule has 5 heteroatoms. The van der Waals surface area contributed by atoms with E-state index in [9.17, 15) is 14.7 Å². The zero-order chi connectivity index (χ0) is 13.7. The molecule has 5 nitrogen and oxygen atoms in total. The van der Waals surface area contributed by atoms with Gasteiger partial charge in [0.05, 0.1) is 5.92 Å². The Morgan fingerprint density at radius 3 is 2.53 bits per heavy atom. The van der Waals surface area contributed by atoms with Crippen LogP contribution in [0.4, 0.5) is 0 Å². The average molecular weight is 262 g/mol. The van der Waals surface area contributed by atoms with Gasteiger partial charge in [0.25, 0.3) is 0 Å². The number of carboxylic acids is 1. The van der Waals surface area contributed by atoms with Crippen molar-refractivity contribution >= 4 is 11.9 Å². The van der Waals surface area contributed by atoms with E-state index >= 15 is 0 Å². The summed E-state index contributed by atoms with van der Waals surface area (Å²) in [6.07, 6.45) is 0.466. The number of carbonyl (C=O) groups is 2. The molecule has 1 saturated heterocycles. The zero-order valence-corrected chi connectivity index (χ0v) is 10.6. The highest BCUT2D eigenvalue weighted by molar-refractivity contribution is 5.80. The fourth-order valence-corrected chi connectivity index (χ4v) is 2.08. The Labute approximate surface area is 112 Å². The van der Waals surface area contributed by atoms with E-state index < -0.39 is 11.9 Å². The van der Waals surface area contributed by atoms with Gasteiger partial charge in [-0.2, -0.15) is 0 Å². The van der Waals surface area contributed by atoms with E-state index in [1.165, 1.54) is 0 Å². The number of hydrogen-bond acceptors (Lipinski definition) is 3. The van der Waals surface area contributed by atoms with Gasteiger partial charge in [0, 0.05) is 13.0 Å². The zero-order valence-electron chi connectivity index (χ0n) is 10.6. The number of carbonyl (C=O) groups excluding carboxylic acids is 1. The largest absolute Gasteiger partial charge is 0.481 e. The molecule has 1 aromatic carbocycles. The molecule has 0 saturated carbocycles. The predicted octanol–water partition coefficient (Wildman–Crippen LogP) is 0.581. The number of amides is 1. The van der Waals surface area contributed by atoms with Gasteiger partial charge in [-0.3, -0.25) is 9.59 Å². The van der Waals surface area contributed by atoms with Crippen molar-refractivity contribution in [3.05, 3.63) is 35.9 Å². The number of aliphatic carboxylic acids is 1. The first-order chi connectivity index (χ1) is 9.16. The minimum atomic E-state index is -0.920. The molecule has 1 heterocycles. The molecule has 0 aromatic heterocycles. The van der Waals surface area contributed by atoms with Crippen molar-refractivity contribution in [3.63, 3.8) is 0 Å². The van der Waals surface area contributed by atoms with E-state index in [2.05, 4.69) is 10.6 Å². The second-order valence-corrected chi connectivity index (χ2v) is 4.83. The summed E-state index contributed by atoms with van der Waals surface area (Å²) in [6, 6.07) is 8.96. The molecule has 0 bridgehead atoms. The molecule has 2 rings (SSSR count). The first-order valence-electron chi connectivity index (χ1n) is 6.42. The number of hydrogen-bond donors (Lipinski definition) is 3. The average Bonchev–Trinajstić information content (AvgIpc) is 2.35. The van der Waals surface area contributed by atoms with Crippen LogP contribution in [-0.2, 0) is 9.59 Å². The van der Waals surface area contributed by atoms with Crippen LogP contribution in [0, 0.1) is 5.92 Å². The lowest BCUT2D eigenvalue weighted by atomic mass is 9.97. The third-order valence-corrected chi connectivity index (χ3v) is 3.34. The normalized spacial score (nSPS) is 16.4. The summed E-state index contributed by atoms with van der Waals surface area (Å²) >= 11 is 0. The molecule has 1 unspecified atom stereocenters. The first-order valence-corrected chi connectivity index (χ1v) is 6.42. The van der Waals surface area contributed by atoms with Gasteiger partial charge < -0.3 is 15.7 Å². The van der Waals surface area contributed by atoms with Crippen LogP contribution in [0.25, 0.3) is 0 Å². The van der Waals surface area contributed by atoms with Crippen LogP contribution in [0.1, 0.15) is 17.9 Å². The summed E-state index contributed by atoms with van der Waals surface area (Å²) in [7, 11) is 0. The summed E-state index contributed by atoms with van der Waals surface area (Å²) in [5.41, 5.74) is 0.709. The second kappa shape index (κ2) is 6.33. The lowest BCUT2D eigenvalue weighted by Crippen LogP contribution is -2.45. The highest BCUT2D eigenvalue weighted by Gasteiger charge is 2.23. The summed E-state index contributed by atoms with van der Waals surface area (Å²) in [5, 5.41) is 15.0. The lowest BCUT2D eigenvalue weighted by Gasteiger charge is -2.26. The van der Waals surface area contributed by atoms with E-state index in [4.69, 9.17) is 0 Å². The fraction of sp³-hybridized carbons (Fsp3) is 0.429. The Balaban J connectivity index is 1.87. The van der Waals surface area contributed by atoms with Gasteiger partial charge in [-0.15, -0.1) is 0 Å². The smallest absolute Gasteiger partial charge is 0.312 e. The Morgan fingerprint density at radius 2 is 2.00 bits per heavy atom. The van der Waals surface area contributed by atoms with Crippen molar-refractivity contribution in [2.45, 2.75) is 12.3 Å². The van der Waals surface area contributed by atoms with Crippen molar-refractivity contribution in [1.82, 2.24) is 10.6 Å². The standard InChI is InChI=1S/C14H18N2O3/c17-13(6-10-7-15-8-10)16-9-12(14(18)19)11-4-2-1-3-5-11/h1-5,10,12,15H,6-9H2,(H,16,17)(H,18,19). The van der Waals surface area contributed by atoms with Gasteiger partial charge >= 0.3 is 5.97 Å². The molecule has 0 aliphatic carbocycles. The molecule has 0 radical (unpaired) electrons. The molecule has 102 valence electrons. The number of rotatable bonds is 6. The molecule has 1 aromatic rings.